The van der Waals surface area contributed by atoms with Gasteiger partial charge in [-0.05, 0) is 36.4 Å². The Balaban J connectivity index is 1.21. The zero-order valence-corrected chi connectivity index (χ0v) is 16.6. The van der Waals surface area contributed by atoms with E-state index in [1.54, 1.807) is 0 Å². The van der Waals surface area contributed by atoms with Gasteiger partial charge in [-0.25, -0.2) is 4.98 Å². The van der Waals surface area contributed by atoms with Gasteiger partial charge in [-0.1, -0.05) is 12.1 Å². The molecule has 10 heteroatoms. The lowest BCUT2D eigenvalue weighted by atomic mass is 10.3. The molecule has 2 heterocycles. The van der Waals surface area contributed by atoms with E-state index in [1.807, 2.05) is 29.2 Å². The van der Waals surface area contributed by atoms with E-state index in [4.69, 9.17) is 4.42 Å². The molecule has 1 fully saturated rings. The molecule has 1 saturated heterocycles. The van der Waals surface area contributed by atoms with Crippen molar-refractivity contribution < 1.29 is 27.1 Å². The van der Waals surface area contributed by atoms with Gasteiger partial charge in [0.1, 0.15) is 11.3 Å². The van der Waals surface area contributed by atoms with Crippen LogP contribution < -0.4 is 10.1 Å². The van der Waals surface area contributed by atoms with E-state index in [0.29, 0.717) is 31.2 Å². The third kappa shape index (κ3) is 5.96. The van der Waals surface area contributed by atoms with Gasteiger partial charge in [-0.3, -0.25) is 14.6 Å². The first-order valence-corrected chi connectivity index (χ1v) is 9.79. The SMILES string of the molecule is O=C(CN1CCN(Cc2nc3ccccc3o2)CC1)Nc1ccc(OC(F)(F)F)cc1. The van der Waals surface area contributed by atoms with Crippen molar-refractivity contribution in [3.05, 3.63) is 54.4 Å². The van der Waals surface area contributed by atoms with Gasteiger partial charge in [0.15, 0.2) is 5.58 Å². The van der Waals surface area contributed by atoms with Crippen molar-refractivity contribution in [3.8, 4) is 5.75 Å². The quantitative estimate of drug-likeness (QED) is 0.641. The molecule has 0 unspecified atom stereocenters. The van der Waals surface area contributed by atoms with E-state index in [2.05, 4.69) is 19.9 Å². The highest BCUT2D eigenvalue weighted by Crippen LogP contribution is 2.24. The third-order valence-corrected chi connectivity index (χ3v) is 4.90. The van der Waals surface area contributed by atoms with Crippen LogP contribution in [0.5, 0.6) is 5.75 Å². The number of nitrogens with zero attached hydrogens (tertiary/aromatic N) is 3. The lowest BCUT2D eigenvalue weighted by Crippen LogP contribution is -2.48. The highest BCUT2D eigenvalue weighted by Gasteiger charge is 2.31. The zero-order chi connectivity index (χ0) is 21.8. The van der Waals surface area contributed by atoms with Gasteiger partial charge >= 0.3 is 6.36 Å². The van der Waals surface area contributed by atoms with Crippen molar-refractivity contribution >= 4 is 22.7 Å². The van der Waals surface area contributed by atoms with E-state index in [9.17, 15) is 18.0 Å². The van der Waals surface area contributed by atoms with Crippen LogP contribution in [0.2, 0.25) is 0 Å². The molecule has 1 aliphatic heterocycles. The topological polar surface area (TPSA) is 70.8 Å². The predicted molar refractivity (Wildman–Crippen MR) is 107 cm³/mol. The number of benzene rings is 2. The summed E-state index contributed by atoms with van der Waals surface area (Å²) in [7, 11) is 0. The molecule has 1 aliphatic rings. The molecule has 0 bridgehead atoms. The number of hydrogen-bond acceptors (Lipinski definition) is 6. The number of para-hydroxylation sites is 2. The number of alkyl halides is 3. The van der Waals surface area contributed by atoms with Crippen LogP contribution in [0.15, 0.2) is 52.9 Å². The first kappa shape index (κ1) is 21.1. The van der Waals surface area contributed by atoms with E-state index in [1.165, 1.54) is 12.1 Å². The van der Waals surface area contributed by atoms with Crippen LogP contribution >= 0.6 is 0 Å². The number of halogens is 3. The normalized spacial score (nSPS) is 15.8. The number of piperazine rings is 1. The Morgan fingerprint density at radius 3 is 2.39 bits per heavy atom. The molecule has 1 aromatic heterocycles. The highest BCUT2D eigenvalue weighted by atomic mass is 19.4. The van der Waals surface area contributed by atoms with Gasteiger partial charge in [0.05, 0.1) is 13.1 Å². The molecule has 1 N–H and O–H groups in total. The number of hydrogen-bond donors (Lipinski definition) is 1. The van der Waals surface area contributed by atoms with E-state index in [0.717, 1.165) is 36.3 Å². The summed E-state index contributed by atoms with van der Waals surface area (Å²) in [6.45, 7) is 3.79. The maximum atomic E-state index is 12.3. The van der Waals surface area contributed by atoms with E-state index < -0.39 is 6.36 Å². The van der Waals surface area contributed by atoms with Crippen LogP contribution in [-0.4, -0.2) is 59.8 Å². The second kappa shape index (κ2) is 8.94. The molecule has 4 rings (SSSR count). The molecule has 0 radical (unpaired) electrons. The molecule has 2 aromatic carbocycles. The third-order valence-electron chi connectivity index (χ3n) is 4.90. The molecule has 0 aliphatic carbocycles. The molecule has 0 saturated carbocycles. The van der Waals surface area contributed by atoms with Crippen molar-refractivity contribution in [3.63, 3.8) is 0 Å². The second-order valence-corrected chi connectivity index (χ2v) is 7.25. The molecular formula is C21H21F3N4O3. The molecule has 1 amide bonds. The summed E-state index contributed by atoms with van der Waals surface area (Å²) in [5.74, 6) is 0.114. The summed E-state index contributed by atoms with van der Waals surface area (Å²) in [4.78, 5) is 21.0. The van der Waals surface area contributed by atoms with Gasteiger partial charge in [0.2, 0.25) is 11.8 Å². The minimum Gasteiger partial charge on any atom is -0.439 e. The van der Waals surface area contributed by atoms with Crippen LogP contribution in [0.4, 0.5) is 18.9 Å². The molecule has 31 heavy (non-hydrogen) atoms. The summed E-state index contributed by atoms with van der Waals surface area (Å²) < 4.78 is 46.2. The maximum Gasteiger partial charge on any atom is 0.573 e. The zero-order valence-electron chi connectivity index (χ0n) is 16.6. The summed E-state index contributed by atoms with van der Waals surface area (Å²) in [5, 5.41) is 2.69. The minimum absolute atomic E-state index is 0.206. The Labute approximate surface area is 176 Å². The van der Waals surface area contributed by atoms with Gasteiger partial charge in [0, 0.05) is 31.9 Å². The van der Waals surface area contributed by atoms with Crippen LogP contribution in [0.1, 0.15) is 5.89 Å². The van der Waals surface area contributed by atoms with E-state index in [-0.39, 0.29) is 18.2 Å². The van der Waals surface area contributed by atoms with Gasteiger partial charge in [-0.2, -0.15) is 0 Å². The monoisotopic (exact) mass is 434 g/mol. The van der Waals surface area contributed by atoms with Crippen LogP contribution in [0.25, 0.3) is 11.1 Å². The number of oxazole rings is 1. The fraction of sp³-hybridized carbons (Fsp3) is 0.333. The first-order chi connectivity index (χ1) is 14.8. The fourth-order valence-electron chi connectivity index (χ4n) is 3.43. The lowest BCUT2D eigenvalue weighted by molar-refractivity contribution is -0.274. The maximum absolute atomic E-state index is 12.3. The molecule has 164 valence electrons. The van der Waals surface area contributed by atoms with Crippen molar-refractivity contribution in [2.75, 3.05) is 38.0 Å². The van der Waals surface area contributed by atoms with Gasteiger partial charge < -0.3 is 14.5 Å². The highest BCUT2D eigenvalue weighted by molar-refractivity contribution is 5.92. The fourth-order valence-corrected chi connectivity index (χ4v) is 3.43. The number of aromatic nitrogens is 1. The number of carbonyl (C=O) groups is 1. The Hall–Kier alpha value is -3.11. The minimum atomic E-state index is -4.74. The van der Waals surface area contributed by atoms with Crippen molar-refractivity contribution in [1.29, 1.82) is 0 Å². The van der Waals surface area contributed by atoms with Crippen LogP contribution in [0.3, 0.4) is 0 Å². The Bertz CT molecular complexity index is 995. The average molecular weight is 434 g/mol. The lowest BCUT2D eigenvalue weighted by Gasteiger charge is -2.33. The largest absolute Gasteiger partial charge is 0.573 e. The molecular weight excluding hydrogens is 413 g/mol. The summed E-state index contributed by atoms with van der Waals surface area (Å²) in [6.07, 6.45) is -4.74. The number of carbonyl (C=O) groups excluding carboxylic acids is 1. The number of rotatable bonds is 6. The first-order valence-electron chi connectivity index (χ1n) is 9.79. The molecule has 7 nitrogen and oxygen atoms in total. The van der Waals surface area contributed by atoms with Crippen molar-refractivity contribution in [2.45, 2.75) is 12.9 Å². The number of ether oxygens (including phenoxy) is 1. The number of anilines is 1. The molecule has 0 atom stereocenters. The average Bonchev–Trinajstić information content (AvgIpc) is 3.12. The Morgan fingerprint density at radius 2 is 1.71 bits per heavy atom. The number of nitrogens with one attached hydrogen (secondary N) is 1. The van der Waals surface area contributed by atoms with Gasteiger partial charge in [-0.15, -0.1) is 13.2 Å². The number of fused-ring (bicyclic) bond motifs is 1. The van der Waals surface area contributed by atoms with Crippen molar-refractivity contribution in [1.82, 2.24) is 14.8 Å². The van der Waals surface area contributed by atoms with Crippen molar-refractivity contribution in [2.24, 2.45) is 0 Å². The molecule has 3 aromatic rings. The van der Waals surface area contributed by atoms with E-state index >= 15 is 0 Å². The smallest absolute Gasteiger partial charge is 0.439 e. The van der Waals surface area contributed by atoms with Crippen LogP contribution in [-0.2, 0) is 11.3 Å². The summed E-state index contributed by atoms with van der Waals surface area (Å²) >= 11 is 0. The number of amides is 1. The molecule has 0 spiro atoms. The summed E-state index contributed by atoms with van der Waals surface area (Å²) in [5.41, 5.74) is 2.02. The predicted octanol–water partition coefficient (Wildman–Crippen LogP) is 3.48. The standard InChI is InChI=1S/C21H21F3N4O3/c22-21(23,24)31-16-7-5-15(6-8-16)25-19(29)13-27-9-11-28(12-10-27)14-20-26-17-3-1-2-4-18(17)30-20/h1-8H,9-14H2,(H,25,29). The summed E-state index contributed by atoms with van der Waals surface area (Å²) in [6, 6.07) is 12.7. The Morgan fingerprint density at radius 1 is 1.03 bits per heavy atom. The van der Waals surface area contributed by atoms with Crippen LogP contribution in [0, 0.1) is 0 Å². The second-order valence-electron chi connectivity index (χ2n) is 7.25. The van der Waals surface area contributed by atoms with Gasteiger partial charge in [0.25, 0.3) is 0 Å². The Kier molecular flexibility index (Phi) is 6.10.